The van der Waals surface area contributed by atoms with Crippen LogP contribution in [0.15, 0.2) is 30.6 Å². The number of amides is 1. The Bertz CT molecular complexity index is 1200. The number of nitrogen functional groups attached to an aromatic ring is 2. The highest BCUT2D eigenvalue weighted by Crippen LogP contribution is 2.34. The Labute approximate surface area is 202 Å². The maximum Gasteiger partial charge on any atom is 0.253 e. The number of nitrogens with one attached hydrogen (secondary N) is 1. The van der Waals surface area contributed by atoms with Crippen LogP contribution in [-0.4, -0.2) is 85.5 Å². The summed E-state index contributed by atoms with van der Waals surface area (Å²) in [5.41, 5.74) is 11.4. The van der Waals surface area contributed by atoms with Crippen LogP contribution in [0.25, 0.3) is 11.2 Å². The summed E-state index contributed by atoms with van der Waals surface area (Å²) in [6.45, 7) is 1.25. The molecular weight excluding hydrogens is 452 g/mol. The van der Waals surface area contributed by atoms with Crippen LogP contribution < -0.4 is 21.5 Å². The molecule has 12 nitrogen and oxygen atoms in total. The van der Waals surface area contributed by atoms with Gasteiger partial charge in [-0.25, -0.2) is 4.98 Å². The molecule has 4 rings (SSSR count). The molecule has 0 spiro atoms. The number of carbonyl (C=O) groups excluding carboxylic acids is 1. The van der Waals surface area contributed by atoms with Crippen LogP contribution in [0.2, 0.25) is 0 Å². The number of nitrogens with zero attached hydrogens (tertiary/aromatic N) is 5. The van der Waals surface area contributed by atoms with Gasteiger partial charge in [0.25, 0.3) is 5.91 Å². The Morgan fingerprint density at radius 2 is 2.17 bits per heavy atom. The van der Waals surface area contributed by atoms with Gasteiger partial charge in [0.2, 0.25) is 5.95 Å². The second kappa shape index (κ2) is 10.0. The minimum absolute atomic E-state index is 0.00429. The van der Waals surface area contributed by atoms with Crippen LogP contribution in [0.3, 0.4) is 0 Å². The van der Waals surface area contributed by atoms with E-state index in [1.54, 1.807) is 34.7 Å². The monoisotopic (exact) mass is 484 g/mol. The fourth-order valence-electron chi connectivity index (χ4n) is 4.47. The lowest BCUT2D eigenvalue weighted by Crippen LogP contribution is -2.54. The van der Waals surface area contributed by atoms with Gasteiger partial charge in [0.1, 0.15) is 23.5 Å². The molecule has 3 aromatic rings. The number of imidazole rings is 1. The number of rotatable bonds is 8. The molecule has 188 valence electrons. The van der Waals surface area contributed by atoms with Gasteiger partial charge in [-0.15, -0.1) is 0 Å². The molecule has 0 unspecified atom stereocenters. The SMILES string of the molecule is CNCCOc1cccc(C(=O)N(C)[C@H]2CC[C@@](O)(Cn3cnc4c(N)nc(N)nc43)[C@H](O)C2)c1. The third-order valence-corrected chi connectivity index (χ3v) is 6.55. The molecule has 1 aliphatic rings. The first kappa shape index (κ1) is 24.6. The molecule has 0 saturated heterocycles. The fourth-order valence-corrected chi connectivity index (χ4v) is 4.47. The van der Waals surface area contributed by atoms with Crippen molar-refractivity contribution < 1.29 is 19.7 Å². The van der Waals surface area contributed by atoms with Gasteiger partial charge in [0.15, 0.2) is 11.5 Å². The lowest BCUT2D eigenvalue weighted by Gasteiger charge is -2.43. The normalized spacial score (nSPS) is 22.3. The summed E-state index contributed by atoms with van der Waals surface area (Å²) in [7, 11) is 3.56. The third-order valence-electron chi connectivity index (χ3n) is 6.55. The maximum atomic E-state index is 13.1. The minimum Gasteiger partial charge on any atom is -0.492 e. The van der Waals surface area contributed by atoms with Crippen molar-refractivity contribution in [2.45, 2.75) is 43.6 Å². The molecular formula is C23H32N8O4. The highest BCUT2D eigenvalue weighted by atomic mass is 16.5. The number of aliphatic hydroxyl groups is 2. The first-order chi connectivity index (χ1) is 16.7. The molecule has 12 heteroatoms. The summed E-state index contributed by atoms with van der Waals surface area (Å²) in [6.07, 6.45) is 1.44. The van der Waals surface area contributed by atoms with Crippen molar-refractivity contribution in [1.29, 1.82) is 0 Å². The van der Waals surface area contributed by atoms with Crippen LogP contribution in [0.4, 0.5) is 11.8 Å². The van der Waals surface area contributed by atoms with Crippen LogP contribution >= 0.6 is 0 Å². The van der Waals surface area contributed by atoms with Crippen molar-refractivity contribution in [2.75, 3.05) is 38.7 Å². The summed E-state index contributed by atoms with van der Waals surface area (Å²) in [5.74, 6) is 0.605. The van der Waals surface area contributed by atoms with Gasteiger partial charge < -0.3 is 41.2 Å². The highest BCUT2D eigenvalue weighted by molar-refractivity contribution is 5.94. The third kappa shape index (κ3) is 5.14. The van der Waals surface area contributed by atoms with Crippen molar-refractivity contribution in [3.05, 3.63) is 36.2 Å². The van der Waals surface area contributed by atoms with E-state index in [-0.39, 0.29) is 43.1 Å². The van der Waals surface area contributed by atoms with Crippen LogP contribution in [0.1, 0.15) is 29.6 Å². The summed E-state index contributed by atoms with van der Waals surface area (Å²) < 4.78 is 7.28. The number of nitrogens with two attached hydrogens (primary N) is 2. The van der Waals surface area contributed by atoms with E-state index in [4.69, 9.17) is 16.2 Å². The number of hydrogen-bond acceptors (Lipinski definition) is 10. The second-order valence-electron chi connectivity index (χ2n) is 8.96. The smallest absolute Gasteiger partial charge is 0.253 e. The van der Waals surface area contributed by atoms with Crippen molar-refractivity contribution in [3.8, 4) is 5.75 Å². The first-order valence-corrected chi connectivity index (χ1v) is 11.5. The predicted octanol–water partition coefficient (Wildman–Crippen LogP) is 0.00560. The van der Waals surface area contributed by atoms with E-state index in [1.165, 1.54) is 6.33 Å². The molecule has 1 aliphatic carbocycles. The van der Waals surface area contributed by atoms with Crippen molar-refractivity contribution in [3.63, 3.8) is 0 Å². The molecule has 0 radical (unpaired) electrons. The van der Waals surface area contributed by atoms with E-state index < -0.39 is 11.7 Å². The van der Waals surface area contributed by atoms with E-state index in [0.717, 1.165) is 0 Å². The molecule has 0 aliphatic heterocycles. The van der Waals surface area contributed by atoms with E-state index in [0.29, 0.717) is 42.0 Å². The summed E-state index contributed by atoms with van der Waals surface area (Å²) in [4.78, 5) is 27.0. The van der Waals surface area contributed by atoms with Gasteiger partial charge in [-0.05, 0) is 44.5 Å². The van der Waals surface area contributed by atoms with Crippen LogP contribution in [0.5, 0.6) is 5.75 Å². The Hall–Kier alpha value is -3.48. The molecule has 7 N–H and O–H groups in total. The number of carbonyl (C=O) groups is 1. The van der Waals surface area contributed by atoms with Crippen LogP contribution in [-0.2, 0) is 6.54 Å². The number of aliphatic hydroxyl groups excluding tert-OH is 1. The Balaban J connectivity index is 1.43. The van der Waals surface area contributed by atoms with E-state index >= 15 is 0 Å². The lowest BCUT2D eigenvalue weighted by atomic mass is 9.79. The van der Waals surface area contributed by atoms with Crippen LogP contribution in [0, 0.1) is 0 Å². The zero-order valence-electron chi connectivity index (χ0n) is 19.9. The average molecular weight is 485 g/mol. The van der Waals surface area contributed by atoms with Crippen molar-refractivity contribution >= 4 is 28.8 Å². The Morgan fingerprint density at radius 1 is 1.37 bits per heavy atom. The van der Waals surface area contributed by atoms with Gasteiger partial charge in [0, 0.05) is 25.2 Å². The maximum absolute atomic E-state index is 13.1. The van der Waals surface area contributed by atoms with Gasteiger partial charge >= 0.3 is 0 Å². The van der Waals surface area contributed by atoms with E-state index in [9.17, 15) is 15.0 Å². The summed E-state index contributed by atoms with van der Waals surface area (Å²) in [5, 5.41) is 25.2. The molecule has 2 heterocycles. The summed E-state index contributed by atoms with van der Waals surface area (Å²) >= 11 is 0. The number of hydrogen-bond donors (Lipinski definition) is 5. The average Bonchev–Trinajstić information content (AvgIpc) is 3.23. The van der Waals surface area contributed by atoms with Crippen molar-refractivity contribution in [2.24, 2.45) is 0 Å². The van der Waals surface area contributed by atoms with Gasteiger partial charge in [0.05, 0.1) is 19.0 Å². The Morgan fingerprint density at radius 3 is 2.91 bits per heavy atom. The molecule has 0 bridgehead atoms. The van der Waals surface area contributed by atoms with Gasteiger partial charge in [-0.3, -0.25) is 4.79 Å². The highest BCUT2D eigenvalue weighted by Gasteiger charge is 2.43. The molecule has 35 heavy (non-hydrogen) atoms. The zero-order chi connectivity index (χ0) is 25.2. The molecule has 1 aromatic carbocycles. The first-order valence-electron chi connectivity index (χ1n) is 11.5. The summed E-state index contributed by atoms with van der Waals surface area (Å²) in [6, 6.07) is 6.81. The zero-order valence-corrected chi connectivity index (χ0v) is 19.9. The van der Waals surface area contributed by atoms with Gasteiger partial charge in [-0.2, -0.15) is 9.97 Å². The Kier molecular flexibility index (Phi) is 7.05. The number of benzene rings is 1. The predicted molar refractivity (Wildman–Crippen MR) is 131 cm³/mol. The molecule has 1 saturated carbocycles. The molecule has 2 aromatic heterocycles. The molecule has 3 atom stereocenters. The fraction of sp³-hybridized carbons (Fsp3) is 0.478. The quantitative estimate of drug-likeness (QED) is 0.273. The topological polar surface area (TPSA) is 178 Å². The second-order valence-corrected chi connectivity index (χ2v) is 8.96. The number of fused-ring (bicyclic) bond motifs is 1. The van der Waals surface area contributed by atoms with E-state index in [2.05, 4.69) is 20.3 Å². The number of aromatic nitrogens is 4. The van der Waals surface area contributed by atoms with Crippen molar-refractivity contribution in [1.82, 2.24) is 29.7 Å². The largest absolute Gasteiger partial charge is 0.492 e. The van der Waals surface area contributed by atoms with Gasteiger partial charge in [-0.1, -0.05) is 6.07 Å². The van der Waals surface area contributed by atoms with E-state index in [1.807, 2.05) is 13.1 Å². The molecule has 1 amide bonds. The number of anilines is 2. The standard InChI is InChI=1S/C23H32N8O4/c1-26-8-9-35-16-5-3-4-14(10-16)21(33)30(2)15-6-7-23(34,17(32)11-15)12-31-13-27-18-19(24)28-22(25)29-20(18)31/h3-5,10,13,15,17,26,32,34H,6-9,11-12H2,1-2H3,(H4,24,25,28,29)/t15-,17+,23+/m0/s1. The minimum atomic E-state index is -1.43. The lowest BCUT2D eigenvalue weighted by molar-refractivity contribution is -0.121. The number of likely N-dealkylation sites (N-methyl/N-ethyl adjacent to an activating group) is 1. The number of ether oxygens (including phenoxy) is 1. The molecule has 1 fully saturated rings.